The normalized spacial score (nSPS) is 10.4. The van der Waals surface area contributed by atoms with Crippen molar-refractivity contribution in [3.05, 3.63) is 75.5 Å². The van der Waals surface area contributed by atoms with E-state index in [2.05, 4.69) is 10.6 Å². The Bertz CT molecular complexity index is 973. The predicted molar refractivity (Wildman–Crippen MR) is 113 cm³/mol. The van der Waals surface area contributed by atoms with Gasteiger partial charge in [-0.15, -0.1) is 11.3 Å². The van der Waals surface area contributed by atoms with Gasteiger partial charge in [-0.1, -0.05) is 18.2 Å². The second kappa shape index (κ2) is 8.71. The lowest BCUT2D eigenvalue weighted by Crippen LogP contribution is -2.10. The number of hydrogen-bond acceptors (Lipinski definition) is 4. The molecule has 0 spiro atoms. The van der Waals surface area contributed by atoms with Gasteiger partial charge >= 0.3 is 0 Å². The number of hydrogen-bond donors (Lipinski definition) is 2. The maximum atomic E-state index is 12.5. The molecule has 2 aromatic carbocycles. The van der Waals surface area contributed by atoms with E-state index in [9.17, 15) is 9.59 Å². The molecule has 3 aromatic rings. The summed E-state index contributed by atoms with van der Waals surface area (Å²) in [6.07, 6.45) is 0. The summed E-state index contributed by atoms with van der Waals surface area (Å²) in [5.41, 5.74) is 4.50. The molecule has 0 fully saturated rings. The van der Waals surface area contributed by atoms with Crippen molar-refractivity contribution >= 4 is 34.5 Å². The highest BCUT2D eigenvalue weighted by Crippen LogP contribution is 2.25. The SMILES string of the molecule is CC(=O)Nc1ccc(NC(=O)c2cc(COc3c(C)cccc3C)cs2)cc1. The molecule has 1 aromatic heterocycles. The van der Waals surface area contributed by atoms with Crippen molar-refractivity contribution in [2.45, 2.75) is 27.4 Å². The first kappa shape index (κ1) is 19.6. The number of aryl methyl sites for hydroxylation is 2. The van der Waals surface area contributed by atoms with Crippen LogP contribution in [0.4, 0.5) is 11.4 Å². The molecular weight excluding hydrogens is 372 g/mol. The average molecular weight is 394 g/mol. The van der Waals surface area contributed by atoms with E-state index >= 15 is 0 Å². The van der Waals surface area contributed by atoms with Gasteiger partial charge in [-0.2, -0.15) is 0 Å². The standard InChI is InChI=1S/C22H22N2O3S/c1-14-5-4-6-15(2)21(14)27-12-17-11-20(28-13-17)22(26)24-19-9-7-18(8-10-19)23-16(3)25/h4-11,13H,12H2,1-3H3,(H,23,25)(H,24,26). The van der Waals surface area contributed by atoms with Crippen molar-refractivity contribution < 1.29 is 14.3 Å². The summed E-state index contributed by atoms with van der Waals surface area (Å²) in [7, 11) is 0. The number of ether oxygens (including phenoxy) is 1. The molecule has 144 valence electrons. The number of para-hydroxylation sites is 1. The second-order valence-corrected chi connectivity index (χ2v) is 7.45. The van der Waals surface area contributed by atoms with Crippen LogP contribution in [0.15, 0.2) is 53.9 Å². The van der Waals surface area contributed by atoms with Gasteiger partial charge in [0.25, 0.3) is 5.91 Å². The molecule has 1 heterocycles. The number of carbonyl (C=O) groups excluding carboxylic acids is 2. The van der Waals surface area contributed by atoms with E-state index in [0.717, 1.165) is 22.4 Å². The molecule has 0 saturated carbocycles. The van der Waals surface area contributed by atoms with Crippen molar-refractivity contribution in [2.24, 2.45) is 0 Å². The minimum Gasteiger partial charge on any atom is -0.488 e. The fourth-order valence-corrected chi connectivity index (χ4v) is 3.58. The lowest BCUT2D eigenvalue weighted by molar-refractivity contribution is -0.114. The molecule has 5 nitrogen and oxygen atoms in total. The van der Waals surface area contributed by atoms with Crippen LogP contribution in [0.5, 0.6) is 5.75 Å². The summed E-state index contributed by atoms with van der Waals surface area (Å²) >= 11 is 1.38. The number of benzene rings is 2. The molecule has 0 aliphatic heterocycles. The molecule has 0 aliphatic carbocycles. The van der Waals surface area contributed by atoms with Crippen LogP contribution in [0.2, 0.25) is 0 Å². The molecule has 0 aliphatic rings. The van der Waals surface area contributed by atoms with Gasteiger partial charge in [0, 0.05) is 23.9 Å². The molecule has 28 heavy (non-hydrogen) atoms. The van der Waals surface area contributed by atoms with Gasteiger partial charge in [0.2, 0.25) is 5.91 Å². The van der Waals surface area contributed by atoms with Crippen LogP contribution in [0.3, 0.4) is 0 Å². The highest BCUT2D eigenvalue weighted by atomic mass is 32.1. The average Bonchev–Trinajstić information content (AvgIpc) is 3.12. The van der Waals surface area contributed by atoms with E-state index in [1.807, 2.05) is 43.5 Å². The van der Waals surface area contributed by atoms with Crippen LogP contribution in [0, 0.1) is 13.8 Å². The summed E-state index contributed by atoms with van der Waals surface area (Å²) in [6.45, 7) is 5.91. The summed E-state index contributed by atoms with van der Waals surface area (Å²) < 4.78 is 5.95. The Morgan fingerprint density at radius 3 is 2.18 bits per heavy atom. The molecule has 2 N–H and O–H groups in total. The molecule has 2 amide bonds. The Morgan fingerprint density at radius 2 is 1.57 bits per heavy atom. The minimum absolute atomic E-state index is 0.133. The van der Waals surface area contributed by atoms with Crippen LogP contribution in [0.1, 0.15) is 33.3 Å². The topological polar surface area (TPSA) is 67.4 Å². The van der Waals surface area contributed by atoms with Crippen LogP contribution in [-0.4, -0.2) is 11.8 Å². The maximum Gasteiger partial charge on any atom is 0.265 e. The predicted octanol–water partition coefficient (Wildman–Crippen LogP) is 5.15. The van der Waals surface area contributed by atoms with Crippen LogP contribution in [-0.2, 0) is 11.4 Å². The molecule has 3 rings (SSSR count). The number of thiophene rings is 1. The minimum atomic E-state index is -0.171. The van der Waals surface area contributed by atoms with Gasteiger partial charge < -0.3 is 15.4 Å². The third-order valence-electron chi connectivity index (χ3n) is 4.13. The van der Waals surface area contributed by atoms with Crippen LogP contribution < -0.4 is 15.4 Å². The molecule has 6 heteroatoms. The van der Waals surface area contributed by atoms with Crippen molar-refractivity contribution in [1.82, 2.24) is 0 Å². The van der Waals surface area contributed by atoms with E-state index in [1.54, 1.807) is 24.3 Å². The Morgan fingerprint density at radius 1 is 0.964 bits per heavy atom. The monoisotopic (exact) mass is 394 g/mol. The fourth-order valence-electron chi connectivity index (χ4n) is 2.79. The Hall–Kier alpha value is -3.12. The molecular formula is C22H22N2O3S. The molecule has 0 radical (unpaired) electrons. The molecule has 0 atom stereocenters. The van der Waals surface area contributed by atoms with Gasteiger partial charge in [-0.05, 0) is 60.7 Å². The summed E-state index contributed by atoms with van der Waals surface area (Å²) in [4.78, 5) is 24.1. The molecule has 0 bridgehead atoms. The number of anilines is 2. The first-order valence-corrected chi connectivity index (χ1v) is 9.76. The molecule has 0 saturated heterocycles. The lowest BCUT2D eigenvalue weighted by atomic mass is 10.1. The van der Waals surface area contributed by atoms with Crippen LogP contribution >= 0.6 is 11.3 Å². The Balaban J connectivity index is 1.60. The zero-order valence-corrected chi connectivity index (χ0v) is 16.9. The second-order valence-electron chi connectivity index (χ2n) is 6.54. The van der Waals surface area contributed by atoms with Crippen molar-refractivity contribution in [3.8, 4) is 5.75 Å². The zero-order valence-electron chi connectivity index (χ0n) is 16.0. The summed E-state index contributed by atoms with van der Waals surface area (Å²) in [5, 5.41) is 7.49. The van der Waals surface area contributed by atoms with Gasteiger partial charge in [0.1, 0.15) is 12.4 Å². The maximum absolute atomic E-state index is 12.5. The van der Waals surface area contributed by atoms with E-state index < -0.39 is 0 Å². The van der Waals surface area contributed by atoms with E-state index in [-0.39, 0.29) is 11.8 Å². The van der Waals surface area contributed by atoms with E-state index in [0.29, 0.717) is 22.9 Å². The van der Waals surface area contributed by atoms with Gasteiger partial charge in [-0.3, -0.25) is 9.59 Å². The van der Waals surface area contributed by atoms with Crippen LogP contribution in [0.25, 0.3) is 0 Å². The smallest absolute Gasteiger partial charge is 0.265 e. The lowest BCUT2D eigenvalue weighted by Gasteiger charge is -2.11. The van der Waals surface area contributed by atoms with E-state index in [4.69, 9.17) is 4.74 Å². The van der Waals surface area contributed by atoms with Gasteiger partial charge in [-0.25, -0.2) is 0 Å². The third-order valence-corrected chi connectivity index (χ3v) is 5.11. The quantitative estimate of drug-likeness (QED) is 0.607. The Kier molecular flexibility index (Phi) is 6.11. The van der Waals surface area contributed by atoms with Gasteiger partial charge in [0.15, 0.2) is 0 Å². The van der Waals surface area contributed by atoms with Crippen molar-refractivity contribution in [3.63, 3.8) is 0 Å². The third kappa shape index (κ3) is 4.98. The number of rotatable bonds is 6. The number of carbonyl (C=O) groups is 2. The summed E-state index contributed by atoms with van der Waals surface area (Å²) in [5.74, 6) is 0.584. The number of amides is 2. The fraction of sp³-hybridized carbons (Fsp3) is 0.182. The zero-order chi connectivity index (χ0) is 20.1. The van der Waals surface area contributed by atoms with Crippen molar-refractivity contribution in [2.75, 3.05) is 10.6 Å². The summed E-state index contributed by atoms with van der Waals surface area (Å²) in [6, 6.07) is 14.9. The highest BCUT2D eigenvalue weighted by Gasteiger charge is 2.11. The highest BCUT2D eigenvalue weighted by molar-refractivity contribution is 7.12. The first-order chi connectivity index (χ1) is 13.4. The van der Waals surface area contributed by atoms with Crippen molar-refractivity contribution in [1.29, 1.82) is 0 Å². The largest absolute Gasteiger partial charge is 0.488 e. The Labute approximate surface area is 168 Å². The van der Waals surface area contributed by atoms with Gasteiger partial charge in [0.05, 0.1) is 4.88 Å². The molecule has 0 unspecified atom stereocenters. The van der Waals surface area contributed by atoms with E-state index in [1.165, 1.54) is 18.3 Å². The first-order valence-electron chi connectivity index (χ1n) is 8.88. The number of nitrogens with one attached hydrogen (secondary N) is 2.